The van der Waals surface area contributed by atoms with Crippen LogP contribution in [0.4, 0.5) is 5.69 Å². The highest BCUT2D eigenvalue weighted by atomic mass is 16.5. The summed E-state index contributed by atoms with van der Waals surface area (Å²) < 4.78 is 4.99. The van der Waals surface area contributed by atoms with Crippen molar-refractivity contribution in [3.63, 3.8) is 0 Å². The summed E-state index contributed by atoms with van der Waals surface area (Å²) in [5, 5.41) is 11.6. The van der Waals surface area contributed by atoms with E-state index in [4.69, 9.17) is 10.00 Å². The molecule has 1 rings (SSSR count). The van der Waals surface area contributed by atoms with E-state index in [0.717, 1.165) is 16.8 Å². The molecular weight excluding hydrogens is 240 g/mol. The largest absolute Gasteiger partial charge is 0.463 e. The minimum Gasteiger partial charge on any atom is -0.463 e. The van der Waals surface area contributed by atoms with Gasteiger partial charge < -0.3 is 10.1 Å². The fourth-order valence-electron chi connectivity index (χ4n) is 1.80. The van der Waals surface area contributed by atoms with E-state index in [1.54, 1.807) is 6.92 Å². The lowest BCUT2D eigenvalue weighted by Crippen LogP contribution is -2.28. The molecule has 102 valence electrons. The van der Waals surface area contributed by atoms with E-state index in [1.807, 2.05) is 32.9 Å². The smallest absolute Gasteiger partial charge is 0.328 e. The van der Waals surface area contributed by atoms with E-state index >= 15 is 0 Å². The predicted octanol–water partition coefficient (Wildman–Crippen LogP) is 2.87. The molecule has 19 heavy (non-hydrogen) atoms. The third-order valence-corrected chi connectivity index (χ3v) is 3.00. The number of esters is 1. The SMILES string of the molecule is Cc1cc(C)c(C)c(N[C@@H](C)C(=O)OCCC#N)c1. The third-order valence-electron chi connectivity index (χ3n) is 3.00. The average Bonchev–Trinajstić information content (AvgIpc) is 2.35. The van der Waals surface area contributed by atoms with Gasteiger partial charge in [0.2, 0.25) is 0 Å². The molecule has 0 heterocycles. The van der Waals surface area contributed by atoms with Crippen molar-refractivity contribution >= 4 is 11.7 Å². The molecule has 4 heteroatoms. The molecule has 0 saturated carbocycles. The van der Waals surface area contributed by atoms with Gasteiger partial charge in [-0.2, -0.15) is 5.26 Å². The Morgan fingerprint density at radius 2 is 2.11 bits per heavy atom. The summed E-state index contributed by atoms with van der Waals surface area (Å²) >= 11 is 0. The van der Waals surface area contributed by atoms with Crippen molar-refractivity contribution in [3.8, 4) is 6.07 Å². The van der Waals surface area contributed by atoms with Gasteiger partial charge in [-0.15, -0.1) is 0 Å². The summed E-state index contributed by atoms with van der Waals surface area (Å²) in [6.45, 7) is 7.99. The maximum absolute atomic E-state index is 11.7. The standard InChI is InChI=1S/C15H20N2O2/c1-10-8-11(2)12(3)14(9-10)17-13(4)15(18)19-7-5-6-16/h8-9,13,17H,5,7H2,1-4H3/t13-/m0/s1. The maximum atomic E-state index is 11.7. The van der Waals surface area contributed by atoms with Crippen molar-refractivity contribution < 1.29 is 9.53 Å². The van der Waals surface area contributed by atoms with Crippen LogP contribution in [0.2, 0.25) is 0 Å². The zero-order valence-electron chi connectivity index (χ0n) is 11.9. The Morgan fingerprint density at radius 3 is 2.74 bits per heavy atom. The Labute approximate surface area is 114 Å². The minimum atomic E-state index is -0.432. The molecule has 4 nitrogen and oxygen atoms in total. The molecule has 1 aromatic rings. The normalized spacial score (nSPS) is 11.5. The second-order valence-corrected chi connectivity index (χ2v) is 4.70. The molecule has 1 N–H and O–H groups in total. The number of carbonyl (C=O) groups excluding carboxylic acids is 1. The highest BCUT2D eigenvalue weighted by molar-refractivity contribution is 5.79. The number of aryl methyl sites for hydroxylation is 2. The van der Waals surface area contributed by atoms with Gasteiger partial charge >= 0.3 is 5.97 Å². The first kappa shape index (κ1) is 15.0. The van der Waals surface area contributed by atoms with Crippen molar-refractivity contribution in [2.45, 2.75) is 40.2 Å². The van der Waals surface area contributed by atoms with Crippen molar-refractivity contribution in [3.05, 3.63) is 28.8 Å². The molecule has 0 radical (unpaired) electrons. The molecule has 0 unspecified atom stereocenters. The molecule has 1 atom stereocenters. The Bertz CT molecular complexity index is 504. The zero-order valence-corrected chi connectivity index (χ0v) is 11.9. The molecule has 0 amide bonds. The van der Waals surface area contributed by atoms with Crippen LogP contribution in [0.5, 0.6) is 0 Å². The number of hydrogen-bond acceptors (Lipinski definition) is 4. The topological polar surface area (TPSA) is 62.1 Å². The molecule has 0 aliphatic rings. The average molecular weight is 260 g/mol. The van der Waals surface area contributed by atoms with Crippen LogP contribution in [0.3, 0.4) is 0 Å². The summed E-state index contributed by atoms with van der Waals surface area (Å²) in [7, 11) is 0. The second-order valence-electron chi connectivity index (χ2n) is 4.70. The summed E-state index contributed by atoms with van der Waals surface area (Å²) in [6.07, 6.45) is 0.223. The number of benzene rings is 1. The molecule has 0 aliphatic heterocycles. The van der Waals surface area contributed by atoms with E-state index in [9.17, 15) is 4.79 Å². The minimum absolute atomic E-state index is 0.146. The lowest BCUT2D eigenvalue weighted by atomic mass is 10.0. The van der Waals surface area contributed by atoms with E-state index < -0.39 is 6.04 Å². The first-order valence-electron chi connectivity index (χ1n) is 6.33. The molecule has 0 spiro atoms. The summed E-state index contributed by atoms with van der Waals surface area (Å²) in [4.78, 5) is 11.7. The number of nitrogens with one attached hydrogen (secondary N) is 1. The van der Waals surface area contributed by atoms with Crippen LogP contribution in [0.1, 0.15) is 30.0 Å². The van der Waals surface area contributed by atoms with Crippen molar-refractivity contribution in [1.82, 2.24) is 0 Å². The first-order valence-corrected chi connectivity index (χ1v) is 6.33. The molecule has 0 aromatic heterocycles. The summed E-state index contributed by atoms with van der Waals surface area (Å²) in [6, 6.07) is 5.63. The molecule has 0 saturated heterocycles. The van der Waals surface area contributed by atoms with E-state index in [0.29, 0.717) is 0 Å². The van der Waals surface area contributed by atoms with Gasteiger partial charge in [-0.05, 0) is 50.5 Å². The monoisotopic (exact) mass is 260 g/mol. The number of rotatable bonds is 5. The van der Waals surface area contributed by atoms with Gasteiger partial charge in [0.1, 0.15) is 12.6 Å². The van der Waals surface area contributed by atoms with Gasteiger partial charge in [0.15, 0.2) is 0 Å². The molecule has 0 fully saturated rings. The maximum Gasteiger partial charge on any atom is 0.328 e. The van der Waals surface area contributed by atoms with Gasteiger partial charge in [-0.1, -0.05) is 6.07 Å². The van der Waals surface area contributed by atoms with Gasteiger partial charge in [-0.25, -0.2) is 4.79 Å². The number of nitriles is 1. The second kappa shape index (κ2) is 6.79. The van der Waals surface area contributed by atoms with Gasteiger partial charge in [0.25, 0.3) is 0 Å². The van der Waals surface area contributed by atoms with Crippen LogP contribution in [-0.2, 0) is 9.53 Å². The number of carbonyl (C=O) groups is 1. The predicted molar refractivity (Wildman–Crippen MR) is 74.9 cm³/mol. The highest BCUT2D eigenvalue weighted by Crippen LogP contribution is 2.21. The summed E-state index contributed by atoms with van der Waals surface area (Å²) in [5.41, 5.74) is 4.41. The van der Waals surface area contributed by atoms with Crippen molar-refractivity contribution in [2.24, 2.45) is 0 Å². The van der Waals surface area contributed by atoms with Crippen LogP contribution in [0, 0.1) is 32.1 Å². The van der Waals surface area contributed by atoms with Crippen molar-refractivity contribution in [1.29, 1.82) is 5.26 Å². The van der Waals surface area contributed by atoms with E-state index in [2.05, 4.69) is 11.4 Å². The van der Waals surface area contributed by atoms with E-state index in [1.165, 1.54) is 5.56 Å². The summed E-state index contributed by atoms with van der Waals surface area (Å²) in [5.74, 6) is -0.339. The van der Waals surface area contributed by atoms with Crippen LogP contribution in [0.15, 0.2) is 12.1 Å². The Hall–Kier alpha value is -2.02. The van der Waals surface area contributed by atoms with Crippen LogP contribution in [0.25, 0.3) is 0 Å². The lowest BCUT2D eigenvalue weighted by molar-refractivity contribution is -0.143. The van der Waals surface area contributed by atoms with Crippen LogP contribution >= 0.6 is 0 Å². The zero-order chi connectivity index (χ0) is 14.4. The lowest BCUT2D eigenvalue weighted by Gasteiger charge is -2.17. The van der Waals surface area contributed by atoms with Crippen molar-refractivity contribution in [2.75, 3.05) is 11.9 Å². The molecule has 1 aromatic carbocycles. The Morgan fingerprint density at radius 1 is 1.42 bits per heavy atom. The highest BCUT2D eigenvalue weighted by Gasteiger charge is 2.15. The van der Waals surface area contributed by atoms with Gasteiger partial charge in [0, 0.05) is 5.69 Å². The van der Waals surface area contributed by atoms with Crippen LogP contribution < -0.4 is 5.32 Å². The fourth-order valence-corrected chi connectivity index (χ4v) is 1.80. The fraction of sp³-hybridized carbons (Fsp3) is 0.467. The number of hydrogen-bond donors (Lipinski definition) is 1. The van der Waals surface area contributed by atoms with Gasteiger partial charge in [-0.3, -0.25) is 0 Å². The number of nitrogens with zero attached hydrogens (tertiary/aromatic N) is 1. The molecular formula is C15H20N2O2. The first-order chi connectivity index (χ1) is 8.95. The Balaban J connectivity index is 2.69. The number of anilines is 1. The molecule has 0 aliphatic carbocycles. The Kier molecular flexibility index (Phi) is 5.37. The third kappa shape index (κ3) is 4.29. The number of ether oxygens (including phenoxy) is 1. The van der Waals surface area contributed by atoms with Gasteiger partial charge in [0.05, 0.1) is 12.5 Å². The molecule has 0 bridgehead atoms. The quantitative estimate of drug-likeness (QED) is 0.653. The van der Waals surface area contributed by atoms with E-state index in [-0.39, 0.29) is 19.0 Å². The van der Waals surface area contributed by atoms with Crippen LogP contribution in [-0.4, -0.2) is 18.6 Å².